The van der Waals surface area contributed by atoms with E-state index in [0.717, 1.165) is 40.0 Å². The third-order valence-corrected chi connectivity index (χ3v) is 6.62. The molecule has 1 fully saturated rings. The Balaban J connectivity index is 1.48. The molecule has 0 unspecified atom stereocenters. The lowest BCUT2D eigenvalue weighted by molar-refractivity contribution is 0.0734. The summed E-state index contributed by atoms with van der Waals surface area (Å²) in [6.07, 6.45) is 8.11. The molecule has 1 saturated carbocycles. The summed E-state index contributed by atoms with van der Waals surface area (Å²) < 4.78 is 14.0. The highest BCUT2D eigenvalue weighted by atomic mass is 79.9. The van der Waals surface area contributed by atoms with E-state index < -0.39 is 5.97 Å². The van der Waals surface area contributed by atoms with E-state index in [1.54, 1.807) is 37.4 Å². The molecule has 0 bridgehead atoms. The van der Waals surface area contributed by atoms with Crippen LogP contribution in [0.2, 0.25) is 0 Å². The van der Waals surface area contributed by atoms with Crippen LogP contribution < -0.4 is 14.8 Å². The standard InChI is InChI=1S/C27H26BrN3O3/c1-33-22-11-6-8-19(16-22)27(32)34-23-12-5-7-18(15-23)25-26(29-21-9-3-2-4-10-21)31-17-20(28)13-14-24(31)30-25/h5-8,11-17,21,29H,2-4,9-10H2,1H3. The molecular formula is C27H26BrN3O3. The van der Waals surface area contributed by atoms with Gasteiger partial charge in [-0.25, -0.2) is 9.78 Å². The predicted octanol–water partition coefficient (Wildman–Crippen LogP) is 6.74. The largest absolute Gasteiger partial charge is 0.497 e. The van der Waals surface area contributed by atoms with Gasteiger partial charge < -0.3 is 14.8 Å². The number of methoxy groups -OCH3 is 1. The van der Waals surface area contributed by atoms with E-state index in [9.17, 15) is 4.79 Å². The molecule has 0 spiro atoms. The second kappa shape index (κ2) is 9.89. The quantitative estimate of drug-likeness (QED) is 0.226. The molecule has 0 aliphatic heterocycles. The van der Waals surface area contributed by atoms with Crippen molar-refractivity contribution < 1.29 is 14.3 Å². The van der Waals surface area contributed by atoms with Crippen LogP contribution in [0.1, 0.15) is 42.5 Å². The van der Waals surface area contributed by atoms with E-state index in [2.05, 4.69) is 25.6 Å². The first kappa shape index (κ1) is 22.5. The number of carbonyl (C=O) groups excluding carboxylic acids is 1. The topological polar surface area (TPSA) is 64.9 Å². The summed E-state index contributed by atoms with van der Waals surface area (Å²) in [5.74, 6) is 1.60. The zero-order valence-electron chi connectivity index (χ0n) is 19.0. The van der Waals surface area contributed by atoms with E-state index in [1.807, 2.05) is 36.5 Å². The first-order chi connectivity index (χ1) is 16.6. The Bertz CT molecular complexity index is 1330. The molecule has 2 aromatic carbocycles. The zero-order chi connectivity index (χ0) is 23.5. The van der Waals surface area contributed by atoms with Gasteiger partial charge in [-0.15, -0.1) is 0 Å². The minimum absolute atomic E-state index is 0.417. The average Bonchev–Trinajstić information content (AvgIpc) is 3.22. The lowest BCUT2D eigenvalue weighted by Crippen LogP contribution is -2.23. The molecule has 2 aromatic heterocycles. The summed E-state index contributed by atoms with van der Waals surface area (Å²) in [7, 11) is 1.57. The molecule has 6 nitrogen and oxygen atoms in total. The summed E-state index contributed by atoms with van der Waals surface area (Å²) in [6, 6.07) is 18.8. The number of benzene rings is 2. The first-order valence-corrected chi connectivity index (χ1v) is 12.3. The second-order valence-electron chi connectivity index (χ2n) is 8.51. The normalized spacial score (nSPS) is 14.2. The maximum atomic E-state index is 12.7. The Morgan fingerprint density at radius 1 is 1.03 bits per heavy atom. The third kappa shape index (κ3) is 4.80. The molecule has 174 valence electrons. The number of rotatable bonds is 6. The van der Waals surface area contributed by atoms with Crippen LogP contribution in [0.5, 0.6) is 11.5 Å². The molecular weight excluding hydrogens is 494 g/mol. The fourth-order valence-electron chi connectivity index (χ4n) is 4.42. The molecule has 0 saturated heterocycles. The summed E-state index contributed by atoms with van der Waals surface area (Å²) in [4.78, 5) is 17.6. The van der Waals surface area contributed by atoms with Crippen LogP contribution >= 0.6 is 15.9 Å². The highest BCUT2D eigenvalue weighted by Gasteiger charge is 2.20. The van der Waals surface area contributed by atoms with Crippen LogP contribution in [0, 0.1) is 0 Å². The number of fused-ring (bicyclic) bond motifs is 1. The average molecular weight is 520 g/mol. The summed E-state index contributed by atoms with van der Waals surface area (Å²) >= 11 is 3.59. The van der Waals surface area contributed by atoms with E-state index in [0.29, 0.717) is 23.1 Å². The van der Waals surface area contributed by atoms with Crippen molar-refractivity contribution in [2.24, 2.45) is 0 Å². The molecule has 2 heterocycles. The van der Waals surface area contributed by atoms with Gasteiger partial charge in [0.25, 0.3) is 0 Å². The van der Waals surface area contributed by atoms with Crippen molar-refractivity contribution in [3.8, 4) is 22.8 Å². The van der Waals surface area contributed by atoms with Crippen LogP contribution in [0.25, 0.3) is 16.9 Å². The van der Waals surface area contributed by atoms with Crippen LogP contribution in [-0.2, 0) is 0 Å². The molecule has 4 aromatic rings. The van der Waals surface area contributed by atoms with Crippen molar-refractivity contribution in [3.05, 3.63) is 76.9 Å². The van der Waals surface area contributed by atoms with E-state index in [1.165, 1.54) is 19.3 Å². The predicted molar refractivity (Wildman–Crippen MR) is 137 cm³/mol. The Labute approximate surface area is 207 Å². The number of aromatic nitrogens is 2. The Kier molecular flexibility index (Phi) is 6.54. The van der Waals surface area contributed by atoms with Gasteiger partial charge in [-0.1, -0.05) is 37.5 Å². The highest BCUT2D eigenvalue weighted by molar-refractivity contribution is 9.10. The third-order valence-electron chi connectivity index (χ3n) is 6.15. The smallest absolute Gasteiger partial charge is 0.343 e. The van der Waals surface area contributed by atoms with Crippen LogP contribution in [0.15, 0.2) is 71.3 Å². The molecule has 0 amide bonds. The number of carbonyl (C=O) groups is 1. The van der Waals surface area contributed by atoms with Gasteiger partial charge in [0, 0.05) is 22.3 Å². The number of hydrogen-bond donors (Lipinski definition) is 1. The van der Waals surface area contributed by atoms with Crippen molar-refractivity contribution in [2.75, 3.05) is 12.4 Å². The Hall–Kier alpha value is -3.32. The van der Waals surface area contributed by atoms with E-state index >= 15 is 0 Å². The fourth-order valence-corrected chi connectivity index (χ4v) is 4.76. The number of esters is 1. The van der Waals surface area contributed by atoms with Gasteiger partial charge in [0.05, 0.1) is 12.7 Å². The van der Waals surface area contributed by atoms with Crippen molar-refractivity contribution in [2.45, 2.75) is 38.1 Å². The number of anilines is 1. The van der Waals surface area contributed by atoms with Crippen LogP contribution in [0.3, 0.4) is 0 Å². The first-order valence-electron chi connectivity index (χ1n) is 11.5. The van der Waals surface area contributed by atoms with Crippen molar-refractivity contribution >= 4 is 33.4 Å². The molecule has 5 rings (SSSR count). The van der Waals surface area contributed by atoms with Gasteiger partial charge in [0.1, 0.15) is 28.7 Å². The molecule has 1 aliphatic carbocycles. The van der Waals surface area contributed by atoms with Crippen LogP contribution in [0.4, 0.5) is 5.82 Å². The number of nitrogens with one attached hydrogen (secondary N) is 1. The number of halogens is 1. The summed E-state index contributed by atoms with van der Waals surface area (Å²) in [5, 5.41) is 3.75. The Morgan fingerprint density at radius 3 is 2.65 bits per heavy atom. The molecule has 1 aliphatic rings. The molecule has 34 heavy (non-hydrogen) atoms. The summed E-state index contributed by atoms with van der Waals surface area (Å²) in [5.41, 5.74) is 3.01. The van der Waals surface area contributed by atoms with Gasteiger partial charge in [-0.2, -0.15) is 0 Å². The van der Waals surface area contributed by atoms with Crippen molar-refractivity contribution in [3.63, 3.8) is 0 Å². The SMILES string of the molecule is COc1cccc(C(=O)Oc2cccc(-c3nc4ccc(Br)cn4c3NC3CCCCC3)c2)c1. The van der Waals surface area contributed by atoms with Gasteiger partial charge in [-0.3, -0.25) is 4.40 Å². The number of nitrogens with zero attached hydrogens (tertiary/aromatic N) is 2. The molecule has 1 N–H and O–H groups in total. The molecule has 7 heteroatoms. The van der Waals surface area contributed by atoms with Gasteiger partial charge in [0.2, 0.25) is 0 Å². The number of hydrogen-bond acceptors (Lipinski definition) is 5. The van der Waals surface area contributed by atoms with Gasteiger partial charge in [0.15, 0.2) is 0 Å². The molecule has 0 atom stereocenters. The lowest BCUT2D eigenvalue weighted by atomic mass is 9.95. The minimum Gasteiger partial charge on any atom is -0.497 e. The maximum absolute atomic E-state index is 12.7. The minimum atomic E-state index is -0.435. The maximum Gasteiger partial charge on any atom is 0.343 e. The molecule has 0 radical (unpaired) electrons. The van der Waals surface area contributed by atoms with E-state index in [-0.39, 0.29) is 0 Å². The number of imidazole rings is 1. The van der Waals surface area contributed by atoms with Gasteiger partial charge >= 0.3 is 5.97 Å². The van der Waals surface area contributed by atoms with Crippen molar-refractivity contribution in [1.82, 2.24) is 9.38 Å². The lowest BCUT2D eigenvalue weighted by Gasteiger charge is -2.24. The van der Waals surface area contributed by atoms with Crippen LogP contribution in [-0.4, -0.2) is 28.5 Å². The second-order valence-corrected chi connectivity index (χ2v) is 9.43. The number of pyridine rings is 1. The monoisotopic (exact) mass is 519 g/mol. The number of ether oxygens (including phenoxy) is 2. The van der Waals surface area contributed by atoms with Gasteiger partial charge in [-0.05, 0) is 71.2 Å². The van der Waals surface area contributed by atoms with Crippen molar-refractivity contribution in [1.29, 1.82) is 0 Å². The summed E-state index contributed by atoms with van der Waals surface area (Å²) in [6.45, 7) is 0. The van der Waals surface area contributed by atoms with E-state index in [4.69, 9.17) is 14.5 Å². The fraction of sp³-hybridized carbons (Fsp3) is 0.259. The Morgan fingerprint density at radius 2 is 1.82 bits per heavy atom. The highest BCUT2D eigenvalue weighted by Crippen LogP contribution is 2.34. The zero-order valence-corrected chi connectivity index (χ0v) is 20.5.